The predicted molar refractivity (Wildman–Crippen MR) is 99.2 cm³/mol. The molecular formula is C21H17FN2O5. The number of aromatic carboxylic acids is 1. The zero-order chi connectivity index (χ0) is 20.5. The van der Waals surface area contributed by atoms with E-state index in [1.165, 1.54) is 6.07 Å². The van der Waals surface area contributed by atoms with Crippen LogP contribution in [0.2, 0.25) is 0 Å². The van der Waals surface area contributed by atoms with Gasteiger partial charge >= 0.3 is 5.97 Å². The minimum absolute atomic E-state index is 0.122. The summed E-state index contributed by atoms with van der Waals surface area (Å²) < 4.78 is 24.8. The molecule has 3 aromatic rings. The van der Waals surface area contributed by atoms with Gasteiger partial charge in [-0.25, -0.2) is 9.18 Å². The topological polar surface area (TPSA) is 103 Å². The number of carbonyl (C=O) groups excluding carboxylic acids is 1. The van der Waals surface area contributed by atoms with Crippen LogP contribution in [0.15, 0.2) is 47.0 Å². The summed E-state index contributed by atoms with van der Waals surface area (Å²) >= 11 is 0. The van der Waals surface area contributed by atoms with Crippen LogP contribution in [0.4, 0.5) is 4.39 Å². The van der Waals surface area contributed by atoms with Gasteiger partial charge in [-0.1, -0.05) is 5.16 Å². The van der Waals surface area contributed by atoms with Gasteiger partial charge < -0.3 is 14.4 Å². The van der Waals surface area contributed by atoms with Gasteiger partial charge in [0.05, 0.1) is 5.56 Å². The first-order valence-corrected chi connectivity index (χ1v) is 9.10. The smallest absolute Gasteiger partial charge is 0.338 e. The van der Waals surface area contributed by atoms with Crippen LogP contribution in [0.3, 0.4) is 0 Å². The van der Waals surface area contributed by atoms with Gasteiger partial charge in [-0.2, -0.15) is 4.98 Å². The Kier molecular flexibility index (Phi) is 4.84. The van der Waals surface area contributed by atoms with Crippen LogP contribution in [0.25, 0.3) is 11.4 Å². The highest BCUT2D eigenvalue weighted by atomic mass is 19.1. The van der Waals surface area contributed by atoms with Crippen molar-refractivity contribution in [3.05, 3.63) is 65.3 Å². The standard InChI is InChI=1S/C21H17FN2O5/c1-11(28-15-7-4-13(5-8-15)18(25)12-2-3-12)20-23-19(24-29-20)14-6-9-16(21(26)27)17(22)10-14/h4-12H,2-3H2,1H3,(H,26,27)/t11-/m1/s1. The van der Waals surface area contributed by atoms with Crippen LogP contribution in [0.5, 0.6) is 5.75 Å². The molecule has 1 saturated carbocycles. The van der Waals surface area contributed by atoms with Crippen LogP contribution in [0.1, 0.15) is 52.5 Å². The fraction of sp³-hybridized carbons (Fsp3) is 0.238. The Morgan fingerprint density at radius 2 is 1.93 bits per heavy atom. The molecule has 0 spiro atoms. The third-order valence-corrected chi connectivity index (χ3v) is 4.65. The number of Topliss-reactive ketones (excluding diaryl/α,β-unsaturated/α-hetero) is 1. The minimum atomic E-state index is -1.35. The third-order valence-electron chi connectivity index (χ3n) is 4.65. The molecule has 148 valence electrons. The molecule has 0 aliphatic heterocycles. The van der Waals surface area contributed by atoms with Crippen molar-refractivity contribution < 1.29 is 28.3 Å². The fourth-order valence-corrected chi connectivity index (χ4v) is 2.88. The van der Waals surface area contributed by atoms with Gasteiger partial charge in [-0.15, -0.1) is 0 Å². The van der Waals surface area contributed by atoms with Crippen LogP contribution < -0.4 is 4.74 Å². The van der Waals surface area contributed by atoms with Crippen molar-refractivity contribution in [2.75, 3.05) is 0 Å². The molecule has 1 heterocycles. The molecule has 0 radical (unpaired) electrons. The second-order valence-electron chi connectivity index (χ2n) is 6.88. The van der Waals surface area contributed by atoms with Crippen LogP contribution in [0, 0.1) is 11.7 Å². The van der Waals surface area contributed by atoms with E-state index in [0.717, 1.165) is 25.0 Å². The average Bonchev–Trinajstić information content (AvgIpc) is 3.43. The molecule has 4 rings (SSSR count). The van der Waals surface area contributed by atoms with Gasteiger partial charge in [0.25, 0.3) is 5.89 Å². The molecule has 2 aromatic carbocycles. The molecule has 1 aliphatic carbocycles. The van der Waals surface area contributed by atoms with E-state index < -0.39 is 23.5 Å². The fourth-order valence-electron chi connectivity index (χ4n) is 2.88. The van der Waals surface area contributed by atoms with Crippen LogP contribution in [-0.4, -0.2) is 27.0 Å². The zero-order valence-electron chi connectivity index (χ0n) is 15.5. The van der Waals surface area contributed by atoms with Gasteiger partial charge in [0, 0.05) is 17.0 Å². The predicted octanol–water partition coefficient (Wildman–Crippen LogP) is 4.31. The Morgan fingerprint density at radius 3 is 2.55 bits per heavy atom. The van der Waals surface area contributed by atoms with Gasteiger partial charge in [-0.3, -0.25) is 4.79 Å². The first kappa shape index (κ1) is 18.8. The number of ketones is 1. The summed E-state index contributed by atoms with van der Waals surface area (Å²) in [5.41, 5.74) is 0.523. The van der Waals surface area contributed by atoms with Gasteiger partial charge in [0.2, 0.25) is 5.82 Å². The summed E-state index contributed by atoms with van der Waals surface area (Å²) in [7, 11) is 0. The highest BCUT2D eigenvalue weighted by molar-refractivity contribution is 5.99. The number of carbonyl (C=O) groups is 2. The quantitative estimate of drug-likeness (QED) is 0.594. The molecule has 8 heteroatoms. The van der Waals surface area contributed by atoms with Crippen molar-refractivity contribution in [1.82, 2.24) is 10.1 Å². The largest absolute Gasteiger partial charge is 0.481 e. The molecular weight excluding hydrogens is 379 g/mol. The van der Waals surface area contributed by atoms with E-state index in [1.807, 2.05) is 0 Å². The lowest BCUT2D eigenvalue weighted by atomic mass is 10.1. The van der Waals surface area contributed by atoms with Gasteiger partial charge in [0.1, 0.15) is 11.6 Å². The van der Waals surface area contributed by atoms with Crippen molar-refractivity contribution in [3.8, 4) is 17.1 Å². The highest BCUT2D eigenvalue weighted by Gasteiger charge is 2.30. The average molecular weight is 396 g/mol. The maximum Gasteiger partial charge on any atom is 0.338 e. The van der Waals surface area contributed by atoms with Gasteiger partial charge in [-0.05, 0) is 62.2 Å². The first-order valence-electron chi connectivity index (χ1n) is 9.10. The molecule has 1 aliphatic rings. The van der Waals surface area contributed by atoms with Crippen molar-refractivity contribution >= 4 is 11.8 Å². The maximum absolute atomic E-state index is 13.9. The lowest BCUT2D eigenvalue weighted by Crippen LogP contribution is -2.05. The molecule has 1 atom stereocenters. The van der Waals surface area contributed by atoms with E-state index in [2.05, 4.69) is 10.1 Å². The summed E-state index contributed by atoms with van der Waals surface area (Å²) in [6.45, 7) is 1.72. The zero-order valence-corrected chi connectivity index (χ0v) is 15.5. The van der Waals surface area contributed by atoms with Crippen molar-refractivity contribution in [3.63, 3.8) is 0 Å². The second-order valence-corrected chi connectivity index (χ2v) is 6.88. The molecule has 29 heavy (non-hydrogen) atoms. The van der Waals surface area contributed by atoms with E-state index in [-0.39, 0.29) is 29.0 Å². The summed E-state index contributed by atoms with van der Waals surface area (Å²) in [4.78, 5) is 27.2. The summed E-state index contributed by atoms with van der Waals surface area (Å²) in [5, 5.41) is 12.7. The van der Waals surface area contributed by atoms with E-state index >= 15 is 0 Å². The Morgan fingerprint density at radius 1 is 1.21 bits per heavy atom. The van der Waals surface area contributed by atoms with Crippen molar-refractivity contribution in [1.29, 1.82) is 0 Å². The monoisotopic (exact) mass is 396 g/mol. The second kappa shape index (κ2) is 7.46. The summed E-state index contributed by atoms with van der Waals surface area (Å²) in [6, 6.07) is 10.5. The van der Waals surface area contributed by atoms with E-state index in [1.54, 1.807) is 31.2 Å². The molecule has 7 nitrogen and oxygen atoms in total. The SMILES string of the molecule is C[C@@H](Oc1ccc(C(=O)C2CC2)cc1)c1nc(-c2ccc(C(=O)O)c(F)c2)no1. The summed E-state index contributed by atoms with van der Waals surface area (Å²) in [5.74, 6) is -1.07. The number of aromatic nitrogens is 2. The van der Waals surface area contributed by atoms with E-state index in [4.69, 9.17) is 14.4 Å². The van der Waals surface area contributed by atoms with E-state index in [9.17, 15) is 14.0 Å². The number of ether oxygens (including phenoxy) is 1. The molecule has 1 N–H and O–H groups in total. The number of carboxylic acid groups (broad SMARTS) is 1. The van der Waals surface area contributed by atoms with Crippen LogP contribution >= 0.6 is 0 Å². The number of rotatable bonds is 7. The molecule has 1 aromatic heterocycles. The molecule has 0 amide bonds. The highest BCUT2D eigenvalue weighted by Crippen LogP contribution is 2.33. The Bertz CT molecular complexity index is 1070. The normalized spacial score (nSPS) is 14.4. The van der Waals surface area contributed by atoms with Crippen LogP contribution in [-0.2, 0) is 0 Å². The number of hydrogen-bond donors (Lipinski definition) is 1. The first-order chi connectivity index (χ1) is 13.9. The Balaban J connectivity index is 1.45. The minimum Gasteiger partial charge on any atom is -0.481 e. The molecule has 1 fully saturated rings. The Hall–Kier alpha value is -3.55. The lowest BCUT2D eigenvalue weighted by Gasteiger charge is -2.11. The summed E-state index contributed by atoms with van der Waals surface area (Å²) in [6.07, 6.45) is 1.33. The number of nitrogens with zero attached hydrogens (tertiary/aromatic N) is 2. The third kappa shape index (κ3) is 4.01. The molecule has 0 unspecified atom stereocenters. The van der Waals surface area contributed by atoms with Crippen molar-refractivity contribution in [2.45, 2.75) is 25.9 Å². The number of hydrogen-bond acceptors (Lipinski definition) is 6. The number of halogens is 1. The molecule has 0 bridgehead atoms. The van der Waals surface area contributed by atoms with Gasteiger partial charge in [0.15, 0.2) is 11.9 Å². The Labute approximate surface area is 165 Å². The molecule has 0 saturated heterocycles. The maximum atomic E-state index is 13.9. The van der Waals surface area contributed by atoms with Crippen molar-refractivity contribution in [2.24, 2.45) is 5.92 Å². The van der Waals surface area contributed by atoms with E-state index in [0.29, 0.717) is 11.3 Å². The number of benzene rings is 2. The number of carboxylic acids is 1. The lowest BCUT2D eigenvalue weighted by molar-refractivity contribution is 0.0691.